The van der Waals surface area contributed by atoms with Crippen LogP contribution >= 0.6 is 33.9 Å². The number of carbonyl (C=O) groups excluding carboxylic acids is 1. The molecule has 182 valence electrons. The molecule has 0 aliphatic carbocycles. The third-order valence-electron chi connectivity index (χ3n) is 5.11. The SMILES string of the molecule is CN(CCOc1ccc(-c2sc(I)cc2CCOC2CCCCO2)cc1)C(=O)OC(C)(C)C. The molecule has 6 nitrogen and oxygen atoms in total. The quantitative estimate of drug-likeness (QED) is 0.320. The van der Waals surface area contributed by atoms with Crippen LogP contribution < -0.4 is 4.74 Å². The first-order valence-electron chi connectivity index (χ1n) is 11.4. The highest BCUT2D eigenvalue weighted by molar-refractivity contribution is 14.1. The van der Waals surface area contributed by atoms with E-state index in [1.807, 2.05) is 32.9 Å². The minimum atomic E-state index is -0.504. The lowest BCUT2D eigenvalue weighted by Crippen LogP contribution is -2.36. The topological polar surface area (TPSA) is 57.2 Å². The van der Waals surface area contributed by atoms with Crippen molar-refractivity contribution in [3.05, 3.63) is 38.8 Å². The Labute approximate surface area is 214 Å². The fourth-order valence-corrected chi connectivity index (χ4v) is 5.38. The third kappa shape index (κ3) is 8.73. The van der Waals surface area contributed by atoms with Gasteiger partial charge in [-0.15, -0.1) is 11.3 Å². The van der Waals surface area contributed by atoms with E-state index in [1.54, 1.807) is 18.4 Å². The molecular formula is C25H34INO5S. The second-order valence-electron chi connectivity index (χ2n) is 9.10. The molecule has 0 spiro atoms. The molecule has 0 saturated carbocycles. The molecule has 1 saturated heterocycles. The van der Waals surface area contributed by atoms with E-state index >= 15 is 0 Å². The molecule has 33 heavy (non-hydrogen) atoms. The normalized spacial score (nSPS) is 16.5. The Morgan fingerprint density at radius 3 is 2.64 bits per heavy atom. The molecule has 3 rings (SSSR count). The number of ether oxygens (including phenoxy) is 4. The molecular weight excluding hydrogens is 553 g/mol. The first-order valence-corrected chi connectivity index (χ1v) is 13.3. The summed E-state index contributed by atoms with van der Waals surface area (Å²) in [6, 6.07) is 10.4. The summed E-state index contributed by atoms with van der Waals surface area (Å²) in [5.41, 5.74) is 1.97. The average Bonchev–Trinajstić information content (AvgIpc) is 3.14. The zero-order valence-corrected chi connectivity index (χ0v) is 22.9. The van der Waals surface area contributed by atoms with Gasteiger partial charge in [-0.25, -0.2) is 4.79 Å². The minimum absolute atomic E-state index is 0.0503. The number of halogens is 1. The summed E-state index contributed by atoms with van der Waals surface area (Å²) in [5, 5.41) is 0. The van der Waals surface area contributed by atoms with Gasteiger partial charge < -0.3 is 23.8 Å². The number of amides is 1. The molecule has 1 aromatic heterocycles. The van der Waals surface area contributed by atoms with E-state index in [-0.39, 0.29) is 12.4 Å². The predicted molar refractivity (Wildman–Crippen MR) is 140 cm³/mol. The smallest absolute Gasteiger partial charge is 0.410 e. The number of hydrogen-bond acceptors (Lipinski definition) is 6. The number of thiophene rings is 1. The molecule has 0 bridgehead atoms. The number of nitrogens with zero attached hydrogens (tertiary/aromatic N) is 1. The zero-order chi connectivity index (χ0) is 23.8. The van der Waals surface area contributed by atoms with E-state index in [4.69, 9.17) is 18.9 Å². The first-order chi connectivity index (χ1) is 15.7. The molecule has 0 radical (unpaired) electrons. The van der Waals surface area contributed by atoms with Crippen LogP contribution in [0.2, 0.25) is 0 Å². The van der Waals surface area contributed by atoms with Gasteiger partial charge in [-0.2, -0.15) is 0 Å². The highest BCUT2D eigenvalue weighted by Crippen LogP contribution is 2.35. The van der Waals surface area contributed by atoms with Crippen LogP contribution in [0, 0.1) is 2.88 Å². The Kier molecular flexibility index (Phi) is 9.84. The predicted octanol–water partition coefficient (Wildman–Crippen LogP) is 6.35. The molecule has 2 aromatic rings. The van der Waals surface area contributed by atoms with Gasteiger partial charge in [-0.3, -0.25) is 0 Å². The van der Waals surface area contributed by atoms with Gasteiger partial charge in [0.2, 0.25) is 0 Å². The van der Waals surface area contributed by atoms with Crippen molar-refractivity contribution in [1.29, 1.82) is 0 Å². The van der Waals surface area contributed by atoms with Gasteiger partial charge in [-0.05, 0) is 111 Å². The lowest BCUT2D eigenvalue weighted by Gasteiger charge is -2.24. The van der Waals surface area contributed by atoms with Gasteiger partial charge >= 0.3 is 6.09 Å². The molecule has 0 N–H and O–H groups in total. The van der Waals surface area contributed by atoms with Crippen LogP contribution in [-0.2, 0) is 20.6 Å². The summed E-state index contributed by atoms with van der Waals surface area (Å²) in [6.45, 7) is 7.89. The summed E-state index contributed by atoms with van der Waals surface area (Å²) in [7, 11) is 1.71. The maximum atomic E-state index is 12.0. The van der Waals surface area contributed by atoms with Crippen LogP contribution in [0.1, 0.15) is 45.6 Å². The summed E-state index contributed by atoms with van der Waals surface area (Å²) in [6.07, 6.45) is 3.77. The lowest BCUT2D eigenvalue weighted by molar-refractivity contribution is -0.161. The van der Waals surface area contributed by atoms with Crippen LogP contribution in [0.4, 0.5) is 4.79 Å². The maximum absolute atomic E-state index is 12.0. The number of benzene rings is 1. The van der Waals surface area contributed by atoms with Crippen molar-refractivity contribution < 1.29 is 23.7 Å². The molecule has 1 aliphatic heterocycles. The van der Waals surface area contributed by atoms with Crippen LogP contribution in [0.5, 0.6) is 5.75 Å². The van der Waals surface area contributed by atoms with Gasteiger partial charge in [0.25, 0.3) is 0 Å². The van der Waals surface area contributed by atoms with Crippen molar-refractivity contribution in [3.8, 4) is 16.2 Å². The fourth-order valence-electron chi connectivity index (χ4n) is 3.40. The molecule has 2 heterocycles. The monoisotopic (exact) mass is 587 g/mol. The van der Waals surface area contributed by atoms with E-state index in [0.29, 0.717) is 19.8 Å². The molecule has 1 unspecified atom stereocenters. The largest absolute Gasteiger partial charge is 0.492 e. The zero-order valence-electron chi connectivity index (χ0n) is 19.9. The van der Waals surface area contributed by atoms with Crippen molar-refractivity contribution >= 4 is 40.0 Å². The molecule has 1 atom stereocenters. The molecule has 1 aromatic carbocycles. The Bertz CT molecular complexity index is 887. The second kappa shape index (κ2) is 12.4. The Morgan fingerprint density at radius 1 is 1.21 bits per heavy atom. The standard InChI is InChI=1S/C25H34INO5S/c1-25(2,3)32-24(28)27(4)13-16-29-20-10-8-18(9-11-20)23-19(17-21(26)33-23)12-15-31-22-7-5-6-14-30-22/h8-11,17,22H,5-7,12-16H2,1-4H3. The Balaban J connectivity index is 1.50. The van der Waals surface area contributed by atoms with Crippen molar-refractivity contribution in [2.45, 2.75) is 58.3 Å². The second-order valence-corrected chi connectivity index (χ2v) is 12.0. The van der Waals surface area contributed by atoms with Crippen molar-refractivity contribution in [2.24, 2.45) is 0 Å². The highest BCUT2D eigenvalue weighted by atomic mass is 127. The van der Waals surface area contributed by atoms with Crippen molar-refractivity contribution in [2.75, 3.05) is 33.4 Å². The molecule has 1 fully saturated rings. The van der Waals surface area contributed by atoms with Crippen molar-refractivity contribution in [1.82, 2.24) is 4.90 Å². The van der Waals surface area contributed by atoms with Gasteiger partial charge in [-0.1, -0.05) is 0 Å². The van der Waals surface area contributed by atoms with E-state index in [1.165, 1.54) is 30.2 Å². The van der Waals surface area contributed by atoms with Gasteiger partial charge in [0.15, 0.2) is 6.29 Å². The summed E-state index contributed by atoms with van der Waals surface area (Å²) in [4.78, 5) is 14.8. The fraction of sp³-hybridized carbons (Fsp3) is 0.560. The van der Waals surface area contributed by atoms with Crippen LogP contribution in [0.15, 0.2) is 30.3 Å². The maximum Gasteiger partial charge on any atom is 0.410 e. The van der Waals surface area contributed by atoms with Gasteiger partial charge in [0.05, 0.1) is 16.0 Å². The lowest BCUT2D eigenvalue weighted by atomic mass is 10.1. The molecule has 1 amide bonds. The van der Waals surface area contributed by atoms with E-state index in [0.717, 1.165) is 31.6 Å². The van der Waals surface area contributed by atoms with Gasteiger partial charge in [0, 0.05) is 18.5 Å². The average molecular weight is 588 g/mol. The molecule has 1 aliphatic rings. The minimum Gasteiger partial charge on any atom is -0.492 e. The highest BCUT2D eigenvalue weighted by Gasteiger charge is 2.19. The Hall–Kier alpha value is -1.36. The number of hydrogen-bond donors (Lipinski definition) is 0. The summed E-state index contributed by atoms with van der Waals surface area (Å²) < 4.78 is 24.1. The van der Waals surface area contributed by atoms with Crippen LogP contribution in [0.25, 0.3) is 10.4 Å². The van der Waals surface area contributed by atoms with Crippen LogP contribution in [-0.4, -0.2) is 56.3 Å². The summed E-state index contributed by atoms with van der Waals surface area (Å²) in [5.74, 6) is 0.780. The van der Waals surface area contributed by atoms with E-state index < -0.39 is 5.60 Å². The van der Waals surface area contributed by atoms with Crippen molar-refractivity contribution in [3.63, 3.8) is 0 Å². The third-order valence-corrected chi connectivity index (χ3v) is 7.10. The van der Waals surface area contributed by atoms with Crippen LogP contribution in [0.3, 0.4) is 0 Å². The van der Waals surface area contributed by atoms with E-state index in [9.17, 15) is 4.79 Å². The summed E-state index contributed by atoms with van der Waals surface area (Å²) >= 11 is 4.17. The number of carbonyl (C=O) groups is 1. The number of likely N-dealkylation sites (N-methyl/N-ethyl adjacent to an activating group) is 1. The molecule has 8 heteroatoms. The first kappa shape index (κ1) is 26.2. The van der Waals surface area contributed by atoms with Gasteiger partial charge in [0.1, 0.15) is 18.0 Å². The Morgan fingerprint density at radius 2 is 1.97 bits per heavy atom. The number of rotatable bonds is 9. The van der Waals surface area contributed by atoms with E-state index in [2.05, 4.69) is 40.8 Å².